The van der Waals surface area contributed by atoms with Crippen molar-refractivity contribution < 1.29 is 73.5 Å². The monoisotopic (exact) mass is 826 g/mol. The summed E-state index contributed by atoms with van der Waals surface area (Å²) in [5.41, 5.74) is 1.09. The van der Waals surface area contributed by atoms with Gasteiger partial charge in [0.15, 0.2) is 5.78 Å². The van der Waals surface area contributed by atoms with Crippen molar-refractivity contribution in [2.24, 2.45) is 5.92 Å². The number of ketones is 1. The van der Waals surface area contributed by atoms with Crippen LogP contribution in [0.25, 0.3) is 0 Å². The van der Waals surface area contributed by atoms with Crippen LogP contribution in [0.4, 0.5) is 9.59 Å². The van der Waals surface area contributed by atoms with Gasteiger partial charge in [-0.05, 0) is 50.7 Å². The molecule has 0 unspecified atom stereocenters. The van der Waals surface area contributed by atoms with Crippen LogP contribution in [0.15, 0.2) is 24.3 Å². The number of thiol groups is 1. The van der Waals surface area contributed by atoms with E-state index in [0.29, 0.717) is 24.0 Å². The van der Waals surface area contributed by atoms with Crippen molar-refractivity contribution in [2.45, 2.75) is 101 Å². The Bertz CT molecular complexity index is 1620. The van der Waals surface area contributed by atoms with Crippen molar-refractivity contribution in [1.29, 1.82) is 0 Å². The van der Waals surface area contributed by atoms with Gasteiger partial charge < -0.3 is 57.4 Å². The van der Waals surface area contributed by atoms with E-state index >= 15 is 0 Å². The number of amides is 6. The Kier molecular flexibility index (Phi) is 21.1. The maximum Gasteiger partial charge on any atom is 0.327 e. The zero-order chi connectivity index (χ0) is 43.3. The Morgan fingerprint density at radius 2 is 1.21 bits per heavy atom. The van der Waals surface area contributed by atoms with Gasteiger partial charge >= 0.3 is 41.9 Å². The van der Waals surface area contributed by atoms with Crippen LogP contribution in [0.5, 0.6) is 0 Å². The summed E-state index contributed by atoms with van der Waals surface area (Å²) < 4.78 is -1.28. The predicted octanol–water partition coefficient (Wildman–Crippen LogP) is 0.103. The molecule has 316 valence electrons. The van der Waals surface area contributed by atoms with E-state index in [1.54, 1.807) is 24.3 Å². The van der Waals surface area contributed by atoms with E-state index in [1.165, 1.54) is 13.8 Å². The van der Waals surface area contributed by atoms with Crippen LogP contribution in [0.3, 0.4) is 0 Å². The molecule has 1 aromatic carbocycles. The topological polar surface area (TPSA) is 344 Å². The smallest absolute Gasteiger partial charge is 0.327 e. The van der Waals surface area contributed by atoms with Crippen molar-refractivity contribution in [1.82, 2.24) is 31.9 Å². The van der Waals surface area contributed by atoms with Crippen molar-refractivity contribution >= 4 is 72.1 Å². The molecule has 0 heterocycles. The third-order valence-electron chi connectivity index (χ3n) is 8.08. The standard InChI is InChI=1S/C35H50N6O15S/c1-35(2,57)29(32(53)54)41-30(50)21(16-27(46)47)15-24(42)23(17-28(48)49)39-25(43)14-19-8-10-20(11-9-19)18-38-33(55)36-12-4-3-6-22(31(51)52)40-34(56)37-13-5-7-26(44)45/h8-11,21-23,29,57H,3-7,12-18H2,1-2H3,(H,39,43)(H,41,50)(H,44,45)(H,46,47)(H,48,49)(H,51,52)(H,53,54)(H2,36,38,55)(H2,37,40,56)/t21-,22-,23-,29+/m0/s1. The van der Waals surface area contributed by atoms with E-state index in [0.717, 1.165) is 0 Å². The second-order valence-electron chi connectivity index (χ2n) is 13.5. The summed E-state index contributed by atoms with van der Waals surface area (Å²) in [6.45, 7) is 3.14. The van der Waals surface area contributed by atoms with Gasteiger partial charge in [0, 0.05) is 37.2 Å². The largest absolute Gasteiger partial charge is 0.481 e. The molecule has 1 aromatic rings. The van der Waals surface area contributed by atoms with Crippen molar-refractivity contribution in [3.8, 4) is 0 Å². The lowest BCUT2D eigenvalue weighted by molar-refractivity contribution is -0.146. The highest BCUT2D eigenvalue weighted by Gasteiger charge is 2.37. The molecule has 21 nitrogen and oxygen atoms in total. The molecule has 0 bridgehead atoms. The normalized spacial score (nSPS) is 13.0. The Labute approximate surface area is 332 Å². The van der Waals surface area contributed by atoms with Crippen molar-refractivity contribution in [3.05, 3.63) is 35.4 Å². The fraction of sp³-hybridized carbons (Fsp3) is 0.543. The number of urea groups is 2. The van der Waals surface area contributed by atoms with Crippen LogP contribution in [-0.2, 0) is 51.3 Å². The Morgan fingerprint density at radius 3 is 1.75 bits per heavy atom. The lowest BCUT2D eigenvalue weighted by Gasteiger charge is -2.28. The summed E-state index contributed by atoms with van der Waals surface area (Å²) in [5, 5.41) is 60.5. The third kappa shape index (κ3) is 21.1. The maximum atomic E-state index is 13.1. The van der Waals surface area contributed by atoms with Gasteiger partial charge in [0.05, 0.1) is 31.2 Å². The van der Waals surface area contributed by atoms with Gasteiger partial charge in [0.1, 0.15) is 12.1 Å². The van der Waals surface area contributed by atoms with E-state index in [4.69, 9.17) is 5.11 Å². The van der Waals surface area contributed by atoms with Gasteiger partial charge in [0.2, 0.25) is 11.8 Å². The summed E-state index contributed by atoms with van der Waals surface area (Å²) in [5.74, 6) is -11.1. The number of carboxylic acids is 5. The fourth-order valence-corrected chi connectivity index (χ4v) is 5.28. The minimum Gasteiger partial charge on any atom is -0.481 e. The molecule has 0 saturated heterocycles. The van der Waals surface area contributed by atoms with Gasteiger partial charge in [-0.2, -0.15) is 12.6 Å². The molecule has 22 heteroatoms. The summed E-state index contributed by atoms with van der Waals surface area (Å²) in [7, 11) is 0. The molecular weight excluding hydrogens is 776 g/mol. The van der Waals surface area contributed by atoms with Crippen molar-refractivity contribution in [2.75, 3.05) is 13.1 Å². The van der Waals surface area contributed by atoms with Crippen LogP contribution in [0.2, 0.25) is 0 Å². The molecule has 0 spiro atoms. The second-order valence-corrected chi connectivity index (χ2v) is 14.7. The van der Waals surface area contributed by atoms with E-state index in [1.807, 2.05) is 0 Å². The summed E-state index contributed by atoms with van der Waals surface area (Å²) >= 11 is 4.15. The van der Waals surface area contributed by atoms with E-state index < -0.39 is 108 Å². The third-order valence-corrected chi connectivity index (χ3v) is 8.34. The zero-order valence-corrected chi connectivity index (χ0v) is 32.3. The number of hydrogen-bond acceptors (Lipinski definition) is 11. The summed E-state index contributed by atoms with van der Waals surface area (Å²) in [6.07, 6.45) is -2.00. The Hall–Kier alpha value is -5.93. The molecular formula is C35H50N6O15S. The molecule has 6 amide bonds. The molecule has 0 aromatic heterocycles. The van der Waals surface area contributed by atoms with Crippen LogP contribution in [0, 0.1) is 5.92 Å². The van der Waals surface area contributed by atoms with Gasteiger partial charge in [0.25, 0.3) is 0 Å². The van der Waals surface area contributed by atoms with E-state index in [-0.39, 0.29) is 45.3 Å². The number of hydrogen-bond donors (Lipinski definition) is 12. The average Bonchev–Trinajstić information content (AvgIpc) is 3.09. The Morgan fingerprint density at radius 1 is 0.632 bits per heavy atom. The lowest BCUT2D eigenvalue weighted by Crippen LogP contribution is -2.53. The molecule has 0 aliphatic rings. The molecule has 4 atom stereocenters. The molecule has 1 rings (SSSR count). The zero-order valence-electron chi connectivity index (χ0n) is 31.4. The predicted molar refractivity (Wildman–Crippen MR) is 201 cm³/mol. The highest BCUT2D eigenvalue weighted by molar-refractivity contribution is 7.81. The highest BCUT2D eigenvalue weighted by Crippen LogP contribution is 2.20. The van der Waals surface area contributed by atoms with Gasteiger partial charge in [-0.3, -0.25) is 28.8 Å². The average molecular weight is 827 g/mol. The molecule has 0 radical (unpaired) electrons. The number of carbonyl (C=O) groups excluding carboxylic acids is 5. The van der Waals surface area contributed by atoms with Gasteiger partial charge in [-0.1, -0.05) is 24.3 Å². The molecule has 0 aliphatic carbocycles. The number of benzene rings is 1. The van der Waals surface area contributed by atoms with Gasteiger partial charge in [-0.15, -0.1) is 0 Å². The minimum absolute atomic E-state index is 0.0634. The Balaban J connectivity index is 2.64. The summed E-state index contributed by atoms with van der Waals surface area (Å²) in [6, 6.07) is 0.691. The number of aliphatic carboxylic acids is 5. The van der Waals surface area contributed by atoms with E-state index in [9.17, 15) is 68.4 Å². The first-order chi connectivity index (χ1) is 26.6. The molecule has 57 heavy (non-hydrogen) atoms. The fourth-order valence-electron chi connectivity index (χ4n) is 5.11. The second kappa shape index (κ2) is 24.6. The van der Waals surface area contributed by atoms with E-state index in [2.05, 4.69) is 44.5 Å². The highest BCUT2D eigenvalue weighted by atomic mass is 32.1. The first kappa shape index (κ1) is 49.1. The van der Waals surface area contributed by atoms with Gasteiger partial charge in [-0.25, -0.2) is 19.2 Å². The lowest BCUT2D eigenvalue weighted by atomic mass is 9.92. The minimum atomic E-state index is -1.64. The summed E-state index contributed by atoms with van der Waals surface area (Å²) in [4.78, 5) is 120. The number of unbranched alkanes of at least 4 members (excludes halogenated alkanes) is 1. The van der Waals surface area contributed by atoms with Crippen LogP contribution < -0.4 is 31.9 Å². The van der Waals surface area contributed by atoms with Crippen LogP contribution >= 0.6 is 12.6 Å². The first-order valence-electron chi connectivity index (χ1n) is 17.7. The molecule has 0 saturated carbocycles. The van der Waals surface area contributed by atoms with Crippen LogP contribution in [-0.4, -0.2) is 121 Å². The first-order valence-corrected chi connectivity index (χ1v) is 18.1. The number of carboxylic acid groups (broad SMARTS) is 5. The maximum absolute atomic E-state index is 13.1. The van der Waals surface area contributed by atoms with Crippen molar-refractivity contribution in [3.63, 3.8) is 0 Å². The van der Waals surface area contributed by atoms with Crippen LogP contribution in [0.1, 0.15) is 76.3 Å². The molecule has 0 fully saturated rings. The quantitative estimate of drug-likeness (QED) is 0.0414. The SMILES string of the molecule is CC(C)(S)[C@H](NC(=O)[C@H](CC(=O)O)CC(=O)[C@H](CC(=O)O)NC(=O)Cc1ccc(CNC(=O)NCCCC[C@H](NC(=O)NCCCC(=O)O)C(=O)O)cc1)C(=O)O. The number of rotatable bonds is 27. The number of nitrogens with one attached hydrogen (secondary N) is 6. The molecule has 0 aliphatic heterocycles. The number of Topliss-reactive ketones (excluding diaryl/α,β-unsaturated/α-hetero) is 1. The molecule has 11 N–H and O–H groups in total. The number of carbonyl (C=O) groups is 10.